The van der Waals surface area contributed by atoms with Crippen LogP contribution >= 0.6 is 0 Å². The molecule has 0 N–H and O–H groups in total. The largest absolute Gasteiger partial charge is 0.443 e. The Hall–Kier alpha value is -1.62. The zero-order valence-corrected chi connectivity index (χ0v) is 16.9. The second-order valence-corrected chi connectivity index (χ2v) is 8.84. The summed E-state index contributed by atoms with van der Waals surface area (Å²) in [6, 6.07) is 5.15. The van der Waals surface area contributed by atoms with E-state index in [0.717, 1.165) is 31.6 Å². The summed E-state index contributed by atoms with van der Waals surface area (Å²) in [5, 5.41) is 0. The first-order chi connectivity index (χ1) is 12.3. The minimum Gasteiger partial charge on any atom is -0.443 e. The Morgan fingerprint density at radius 1 is 1.27 bits per heavy atom. The molecule has 144 valence electrons. The number of carbonyl (C=O) groups is 1. The standard InChI is InChI=1S/C21H33N3O2/c1-15(2)23-14-7-6-10-18(23)17-9-8-13-22-19(17)24(16-11-12-16)20(25)26-21(3,4)5/h8-9,13,15-16,18H,6-7,10-12,14H2,1-5H3/t18-/m1/s1. The van der Waals surface area contributed by atoms with Crippen LogP contribution in [0.4, 0.5) is 10.6 Å². The summed E-state index contributed by atoms with van der Waals surface area (Å²) in [7, 11) is 0. The molecule has 2 heterocycles. The van der Waals surface area contributed by atoms with Gasteiger partial charge in [-0.2, -0.15) is 0 Å². The van der Waals surface area contributed by atoms with Gasteiger partial charge in [0.05, 0.1) is 0 Å². The molecule has 3 rings (SSSR count). The number of likely N-dealkylation sites (tertiary alicyclic amines) is 1. The summed E-state index contributed by atoms with van der Waals surface area (Å²) in [5.41, 5.74) is 0.659. The molecule has 2 fully saturated rings. The van der Waals surface area contributed by atoms with Gasteiger partial charge in [-0.1, -0.05) is 12.5 Å². The number of ether oxygens (including phenoxy) is 1. The van der Waals surface area contributed by atoms with Crippen LogP contribution < -0.4 is 4.90 Å². The van der Waals surface area contributed by atoms with Gasteiger partial charge in [0.15, 0.2) is 0 Å². The molecule has 2 aliphatic rings. The van der Waals surface area contributed by atoms with Crippen LogP contribution in [0, 0.1) is 0 Å². The summed E-state index contributed by atoms with van der Waals surface area (Å²) in [5.74, 6) is 0.793. The van der Waals surface area contributed by atoms with Gasteiger partial charge in [0.1, 0.15) is 11.4 Å². The van der Waals surface area contributed by atoms with Crippen LogP contribution in [0.3, 0.4) is 0 Å². The Balaban J connectivity index is 1.95. The van der Waals surface area contributed by atoms with Crippen molar-refractivity contribution in [1.29, 1.82) is 0 Å². The number of hydrogen-bond acceptors (Lipinski definition) is 4. The second-order valence-electron chi connectivity index (χ2n) is 8.84. The number of piperidine rings is 1. The van der Waals surface area contributed by atoms with Crippen LogP contribution in [0.15, 0.2) is 18.3 Å². The smallest absolute Gasteiger partial charge is 0.416 e. The van der Waals surface area contributed by atoms with Crippen molar-refractivity contribution < 1.29 is 9.53 Å². The number of hydrogen-bond donors (Lipinski definition) is 0. The van der Waals surface area contributed by atoms with Crippen LogP contribution in [-0.4, -0.2) is 40.2 Å². The quantitative estimate of drug-likeness (QED) is 0.765. The number of anilines is 1. The zero-order chi connectivity index (χ0) is 18.9. The van der Waals surface area contributed by atoms with Gasteiger partial charge in [0.25, 0.3) is 0 Å². The van der Waals surface area contributed by atoms with Crippen molar-refractivity contribution in [2.75, 3.05) is 11.4 Å². The van der Waals surface area contributed by atoms with Crippen molar-refractivity contribution >= 4 is 11.9 Å². The van der Waals surface area contributed by atoms with Crippen LogP contribution in [0.25, 0.3) is 0 Å². The van der Waals surface area contributed by atoms with E-state index in [0.29, 0.717) is 12.1 Å². The van der Waals surface area contributed by atoms with Crippen LogP contribution in [0.5, 0.6) is 0 Å². The molecule has 5 nitrogen and oxygen atoms in total. The van der Waals surface area contributed by atoms with E-state index in [4.69, 9.17) is 4.74 Å². The zero-order valence-electron chi connectivity index (χ0n) is 16.9. The molecule has 1 amide bonds. The molecule has 0 bridgehead atoms. The lowest BCUT2D eigenvalue weighted by molar-refractivity contribution is 0.0574. The average molecular weight is 360 g/mol. The Bertz CT molecular complexity index is 634. The third kappa shape index (κ3) is 4.37. The molecular formula is C21H33N3O2. The topological polar surface area (TPSA) is 45.7 Å². The third-order valence-corrected chi connectivity index (χ3v) is 5.11. The summed E-state index contributed by atoms with van der Waals surface area (Å²) >= 11 is 0. The number of aromatic nitrogens is 1. The molecule has 0 aromatic carbocycles. The van der Waals surface area contributed by atoms with Crippen LogP contribution in [0.2, 0.25) is 0 Å². The highest BCUT2D eigenvalue weighted by Gasteiger charge is 2.40. The molecule has 1 aliphatic heterocycles. The van der Waals surface area contributed by atoms with Crippen molar-refractivity contribution in [3.05, 3.63) is 23.9 Å². The van der Waals surface area contributed by atoms with Gasteiger partial charge in [0.2, 0.25) is 0 Å². The number of amides is 1. The lowest BCUT2D eigenvalue weighted by Crippen LogP contribution is -2.42. The van der Waals surface area contributed by atoms with E-state index in [-0.39, 0.29) is 12.1 Å². The van der Waals surface area contributed by atoms with Crippen molar-refractivity contribution in [1.82, 2.24) is 9.88 Å². The Labute approximate surface area is 157 Å². The lowest BCUT2D eigenvalue weighted by atomic mass is 9.94. The fourth-order valence-electron chi connectivity index (χ4n) is 3.83. The first-order valence-electron chi connectivity index (χ1n) is 10.0. The van der Waals surface area contributed by atoms with Gasteiger partial charge in [-0.25, -0.2) is 9.78 Å². The monoisotopic (exact) mass is 359 g/mol. The lowest BCUT2D eigenvalue weighted by Gasteiger charge is -2.40. The van der Waals surface area contributed by atoms with Gasteiger partial charge >= 0.3 is 6.09 Å². The van der Waals surface area contributed by atoms with Gasteiger partial charge in [0, 0.05) is 29.9 Å². The van der Waals surface area contributed by atoms with Crippen molar-refractivity contribution in [3.63, 3.8) is 0 Å². The van der Waals surface area contributed by atoms with Gasteiger partial charge < -0.3 is 4.74 Å². The predicted octanol–water partition coefficient (Wildman–Crippen LogP) is 4.92. The van der Waals surface area contributed by atoms with Crippen LogP contribution in [-0.2, 0) is 4.74 Å². The molecule has 1 saturated carbocycles. The normalized spacial score (nSPS) is 21.7. The van der Waals surface area contributed by atoms with E-state index in [2.05, 4.69) is 29.8 Å². The maximum absolute atomic E-state index is 12.9. The molecular weight excluding hydrogens is 326 g/mol. The van der Waals surface area contributed by atoms with E-state index in [1.807, 2.05) is 31.7 Å². The molecule has 1 aromatic heterocycles. The van der Waals surface area contributed by atoms with Crippen molar-refractivity contribution in [3.8, 4) is 0 Å². The van der Waals surface area contributed by atoms with Gasteiger partial charge in [-0.15, -0.1) is 0 Å². The Morgan fingerprint density at radius 3 is 2.62 bits per heavy atom. The molecule has 1 atom stereocenters. The van der Waals surface area contributed by atoms with Gasteiger partial charge in [-0.3, -0.25) is 9.80 Å². The SMILES string of the molecule is CC(C)N1CCCC[C@@H]1c1cccnc1N(C(=O)OC(C)(C)C)C1CC1. The minimum absolute atomic E-state index is 0.217. The summed E-state index contributed by atoms with van der Waals surface area (Å²) in [6.07, 6.45) is 7.14. The molecule has 1 aliphatic carbocycles. The highest BCUT2D eigenvalue weighted by molar-refractivity contribution is 5.89. The first-order valence-corrected chi connectivity index (χ1v) is 10.0. The highest BCUT2D eigenvalue weighted by Crippen LogP contribution is 2.40. The number of rotatable bonds is 4. The minimum atomic E-state index is -0.506. The number of carbonyl (C=O) groups excluding carboxylic acids is 1. The maximum atomic E-state index is 12.9. The fraction of sp³-hybridized carbons (Fsp3) is 0.714. The van der Waals surface area contributed by atoms with E-state index in [1.165, 1.54) is 18.4 Å². The molecule has 26 heavy (non-hydrogen) atoms. The van der Waals surface area contributed by atoms with Crippen LogP contribution in [0.1, 0.15) is 78.3 Å². The fourth-order valence-corrected chi connectivity index (χ4v) is 3.83. The summed E-state index contributed by atoms with van der Waals surface area (Å²) in [4.78, 5) is 22.0. The Morgan fingerprint density at radius 2 is 2.00 bits per heavy atom. The summed E-state index contributed by atoms with van der Waals surface area (Å²) < 4.78 is 5.71. The second kappa shape index (κ2) is 7.55. The van der Waals surface area contributed by atoms with Crippen molar-refractivity contribution in [2.24, 2.45) is 0 Å². The molecule has 5 heteroatoms. The average Bonchev–Trinajstić information content (AvgIpc) is 3.39. The molecule has 1 saturated heterocycles. The van der Waals surface area contributed by atoms with Gasteiger partial charge in [-0.05, 0) is 72.9 Å². The first kappa shape index (κ1) is 19.2. The van der Waals surface area contributed by atoms with E-state index in [1.54, 1.807) is 6.20 Å². The maximum Gasteiger partial charge on any atom is 0.416 e. The van der Waals surface area contributed by atoms with E-state index < -0.39 is 5.60 Å². The predicted molar refractivity (Wildman–Crippen MR) is 104 cm³/mol. The van der Waals surface area contributed by atoms with E-state index >= 15 is 0 Å². The Kier molecular flexibility index (Phi) is 5.56. The van der Waals surface area contributed by atoms with E-state index in [9.17, 15) is 4.79 Å². The molecule has 0 radical (unpaired) electrons. The highest BCUT2D eigenvalue weighted by atomic mass is 16.6. The number of nitrogens with zero attached hydrogens (tertiary/aromatic N) is 3. The summed E-state index contributed by atoms with van der Waals surface area (Å²) in [6.45, 7) is 11.3. The molecule has 0 spiro atoms. The molecule has 1 aromatic rings. The van der Waals surface area contributed by atoms with Crippen molar-refractivity contribution in [2.45, 2.75) is 90.4 Å². The third-order valence-electron chi connectivity index (χ3n) is 5.11. The number of pyridine rings is 1. The molecule has 0 unspecified atom stereocenters.